The first-order valence-electron chi connectivity index (χ1n) is 6.34. The summed E-state index contributed by atoms with van der Waals surface area (Å²) in [5, 5.41) is 8.85. The molecule has 0 atom stereocenters. The van der Waals surface area contributed by atoms with Crippen LogP contribution in [0.5, 0.6) is 0 Å². The maximum atomic E-state index is 12.1. The maximum absolute atomic E-state index is 12.1. The van der Waals surface area contributed by atoms with E-state index in [1.807, 2.05) is 13.8 Å². The third-order valence-electron chi connectivity index (χ3n) is 2.46. The topological polar surface area (TPSA) is 92.7 Å². The smallest absolute Gasteiger partial charge is 0.335 e. The van der Waals surface area contributed by atoms with E-state index < -0.39 is 16.0 Å². The van der Waals surface area contributed by atoms with E-state index >= 15 is 0 Å². The fourth-order valence-electron chi connectivity index (χ4n) is 1.50. The van der Waals surface area contributed by atoms with Crippen molar-refractivity contribution >= 4 is 31.9 Å². The molecule has 0 spiro atoms. The molecule has 2 N–H and O–H groups in total. The molecule has 0 saturated carbocycles. The molecule has 0 unspecified atom stereocenters. The zero-order valence-corrected chi connectivity index (χ0v) is 14.2. The van der Waals surface area contributed by atoms with E-state index in [0.29, 0.717) is 12.5 Å². The number of benzene rings is 1. The Kier molecular flexibility index (Phi) is 6.79. The van der Waals surface area contributed by atoms with E-state index in [2.05, 4.69) is 20.7 Å². The van der Waals surface area contributed by atoms with Crippen molar-refractivity contribution in [3.63, 3.8) is 0 Å². The molecule has 6 nitrogen and oxygen atoms in total. The van der Waals surface area contributed by atoms with E-state index in [0.717, 1.165) is 0 Å². The summed E-state index contributed by atoms with van der Waals surface area (Å²) in [4.78, 5) is 10.8. The molecule has 0 heterocycles. The quantitative estimate of drug-likeness (QED) is 0.674. The second-order valence-electron chi connectivity index (χ2n) is 4.82. The number of aromatic carboxylic acids is 1. The summed E-state index contributed by atoms with van der Waals surface area (Å²) in [7, 11) is -3.70. The second kappa shape index (κ2) is 7.88. The Morgan fingerprint density at radius 3 is 2.62 bits per heavy atom. The zero-order chi connectivity index (χ0) is 16.0. The summed E-state index contributed by atoms with van der Waals surface area (Å²) in [5.41, 5.74) is 0.0149. The molecule has 0 aliphatic carbocycles. The van der Waals surface area contributed by atoms with Crippen LogP contribution in [0.25, 0.3) is 0 Å². The number of sulfonamides is 1. The SMILES string of the molecule is CC(C)COCCNS(=O)(=O)c1ccc(C(=O)O)cc1Br. The van der Waals surface area contributed by atoms with E-state index in [-0.39, 0.29) is 28.1 Å². The van der Waals surface area contributed by atoms with Crippen LogP contribution >= 0.6 is 15.9 Å². The first kappa shape index (κ1) is 18.1. The minimum absolute atomic E-state index is 0.00337. The lowest BCUT2D eigenvalue weighted by atomic mass is 10.2. The Labute approximate surface area is 132 Å². The number of nitrogens with one attached hydrogen (secondary N) is 1. The van der Waals surface area contributed by atoms with Crippen LogP contribution in [0, 0.1) is 5.92 Å². The Morgan fingerprint density at radius 2 is 2.10 bits per heavy atom. The first-order chi connectivity index (χ1) is 9.74. The Morgan fingerprint density at radius 1 is 1.43 bits per heavy atom. The molecule has 0 saturated heterocycles. The Balaban J connectivity index is 2.68. The average molecular weight is 380 g/mol. The van der Waals surface area contributed by atoms with Crippen LogP contribution in [-0.4, -0.2) is 39.3 Å². The molecule has 0 fully saturated rings. The van der Waals surface area contributed by atoms with Crippen molar-refractivity contribution in [2.24, 2.45) is 5.92 Å². The minimum atomic E-state index is -3.70. The number of hydrogen-bond donors (Lipinski definition) is 2. The molecule has 0 aliphatic rings. The van der Waals surface area contributed by atoms with Crippen molar-refractivity contribution in [3.05, 3.63) is 28.2 Å². The van der Waals surface area contributed by atoms with Gasteiger partial charge in [0, 0.05) is 17.6 Å². The lowest BCUT2D eigenvalue weighted by molar-refractivity contribution is 0.0696. The zero-order valence-electron chi connectivity index (χ0n) is 11.8. The van der Waals surface area contributed by atoms with Crippen molar-refractivity contribution in [3.8, 4) is 0 Å². The lowest BCUT2D eigenvalue weighted by Crippen LogP contribution is -2.28. The van der Waals surface area contributed by atoms with Crippen LogP contribution in [-0.2, 0) is 14.8 Å². The van der Waals surface area contributed by atoms with Gasteiger partial charge >= 0.3 is 5.97 Å². The van der Waals surface area contributed by atoms with Gasteiger partial charge in [0.05, 0.1) is 17.1 Å². The van der Waals surface area contributed by atoms with Gasteiger partial charge in [-0.2, -0.15) is 0 Å². The summed E-state index contributed by atoms with van der Waals surface area (Å²) in [6.45, 7) is 5.01. The maximum Gasteiger partial charge on any atom is 0.335 e. The standard InChI is InChI=1S/C13H18BrNO5S/c1-9(2)8-20-6-5-15-21(18,19)12-4-3-10(13(16)17)7-11(12)14/h3-4,7,9,15H,5-6,8H2,1-2H3,(H,16,17). The highest BCUT2D eigenvalue weighted by Gasteiger charge is 2.18. The molecule has 0 bridgehead atoms. The molecule has 0 amide bonds. The van der Waals surface area contributed by atoms with Crippen LogP contribution < -0.4 is 4.72 Å². The van der Waals surface area contributed by atoms with Crippen molar-refractivity contribution < 1.29 is 23.1 Å². The fourth-order valence-corrected chi connectivity index (χ4v) is 3.59. The monoisotopic (exact) mass is 379 g/mol. The predicted molar refractivity (Wildman–Crippen MR) is 81.9 cm³/mol. The number of rotatable bonds is 8. The Hall–Kier alpha value is -0.960. The van der Waals surface area contributed by atoms with Crippen LogP contribution in [0.1, 0.15) is 24.2 Å². The molecular formula is C13H18BrNO5S. The molecule has 0 radical (unpaired) electrons. The van der Waals surface area contributed by atoms with Crippen molar-refractivity contribution in [2.75, 3.05) is 19.8 Å². The van der Waals surface area contributed by atoms with Gasteiger partial charge in [0.25, 0.3) is 0 Å². The number of carboxylic acids is 1. The summed E-state index contributed by atoms with van der Waals surface area (Å²) >= 11 is 3.08. The van der Waals surface area contributed by atoms with E-state index in [9.17, 15) is 13.2 Å². The van der Waals surface area contributed by atoms with Crippen molar-refractivity contribution in [1.82, 2.24) is 4.72 Å². The second-order valence-corrected chi connectivity index (χ2v) is 7.41. The van der Waals surface area contributed by atoms with Crippen LogP contribution in [0.4, 0.5) is 0 Å². The third-order valence-corrected chi connectivity index (χ3v) is 4.90. The highest BCUT2D eigenvalue weighted by atomic mass is 79.9. The fraction of sp³-hybridized carbons (Fsp3) is 0.462. The molecule has 0 aliphatic heterocycles. The molecular weight excluding hydrogens is 362 g/mol. The van der Waals surface area contributed by atoms with Gasteiger partial charge in [0.15, 0.2) is 0 Å². The summed E-state index contributed by atoms with van der Waals surface area (Å²) in [6, 6.07) is 3.76. The lowest BCUT2D eigenvalue weighted by Gasteiger charge is -2.10. The molecule has 1 aromatic rings. The number of carbonyl (C=O) groups is 1. The van der Waals surface area contributed by atoms with Crippen LogP contribution in [0.15, 0.2) is 27.6 Å². The van der Waals surface area contributed by atoms with Crippen LogP contribution in [0.3, 0.4) is 0 Å². The molecule has 1 rings (SSSR count). The van der Waals surface area contributed by atoms with Gasteiger partial charge in [-0.1, -0.05) is 13.8 Å². The number of halogens is 1. The minimum Gasteiger partial charge on any atom is -0.478 e. The number of hydrogen-bond acceptors (Lipinski definition) is 4. The van der Waals surface area contributed by atoms with Crippen molar-refractivity contribution in [1.29, 1.82) is 0 Å². The number of carboxylic acid groups (broad SMARTS) is 1. The normalized spacial score (nSPS) is 11.8. The summed E-state index contributed by atoms with van der Waals surface area (Å²) in [5.74, 6) is -0.728. The molecule has 0 aromatic heterocycles. The predicted octanol–water partition coefficient (Wildman–Crippen LogP) is 2.10. The number of ether oxygens (including phenoxy) is 1. The molecule has 1 aromatic carbocycles. The van der Waals surface area contributed by atoms with E-state index in [4.69, 9.17) is 9.84 Å². The van der Waals surface area contributed by atoms with Gasteiger partial charge in [-0.15, -0.1) is 0 Å². The van der Waals surface area contributed by atoms with Crippen molar-refractivity contribution in [2.45, 2.75) is 18.7 Å². The van der Waals surface area contributed by atoms with Gasteiger partial charge in [-0.3, -0.25) is 0 Å². The van der Waals surface area contributed by atoms with Crippen LogP contribution in [0.2, 0.25) is 0 Å². The highest BCUT2D eigenvalue weighted by molar-refractivity contribution is 9.10. The van der Waals surface area contributed by atoms with Gasteiger partial charge in [-0.05, 0) is 40.0 Å². The highest BCUT2D eigenvalue weighted by Crippen LogP contribution is 2.23. The third kappa shape index (κ3) is 5.74. The average Bonchev–Trinajstić information content (AvgIpc) is 2.37. The van der Waals surface area contributed by atoms with E-state index in [1.54, 1.807) is 0 Å². The van der Waals surface area contributed by atoms with Gasteiger partial charge < -0.3 is 9.84 Å². The largest absolute Gasteiger partial charge is 0.478 e. The molecule has 8 heteroatoms. The summed E-state index contributed by atoms with van der Waals surface area (Å²) in [6.07, 6.45) is 0. The molecule has 118 valence electrons. The molecule has 21 heavy (non-hydrogen) atoms. The Bertz CT molecular complexity index is 601. The van der Waals surface area contributed by atoms with Gasteiger partial charge in [0.1, 0.15) is 0 Å². The summed E-state index contributed by atoms with van der Waals surface area (Å²) < 4.78 is 32.1. The van der Waals surface area contributed by atoms with Gasteiger partial charge in [0.2, 0.25) is 10.0 Å². The first-order valence-corrected chi connectivity index (χ1v) is 8.62. The van der Waals surface area contributed by atoms with E-state index in [1.165, 1.54) is 18.2 Å². The van der Waals surface area contributed by atoms with Gasteiger partial charge in [-0.25, -0.2) is 17.9 Å².